The molecule has 5 atom stereocenters. The van der Waals surface area contributed by atoms with Crippen LogP contribution in [0.5, 0.6) is 5.75 Å². The highest BCUT2D eigenvalue weighted by Crippen LogP contribution is 2.35. The van der Waals surface area contributed by atoms with Gasteiger partial charge in [0.25, 0.3) is 0 Å². The van der Waals surface area contributed by atoms with Crippen LogP contribution in [0.2, 0.25) is 0 Å². The second kappa shape index (κ2) is 16.9. The fraction of sp³-hybridized carbons (Fsp3) is 0.415. The zero-order valence-corrected chi connectivity index (χ0v) is 31.8. The second-order valence-electron chi connectivity index (χ2n) is 15.2. The Hall–Kier alpha value is -5.36. The van der Waals surface area contributed by atoms with Gasteiger partial charge in [-0.1, -0.05) is 18.2 Å². The number of hydrogen-bond acceptors (Lipinski definition) is 11. The Morgan fingerprint density at radius 2 is 1.83 bits per heavy atom. The number of amides is 2. The van der Waals surface area contributed by atoms with Crippen molar-refractivity contribution in [2.75, 3.05) is 39.3 Å². The molecular formula is C41H44F4N6O7. The third kappa shape index (κ3) is 9.17. The summed E-state index contributed by atoms with van der Waals surface area (Å²) in [6.45, 7) is 2.34. The fourth-order valence-electron chi connectivity index (χ4n) is 7.65. The number of pyridine rings is 1. The van der Waals surface area contributed by atoms with Crippen LogP contribution in [0, 0.1) is 11.7 Å². The number of ether oxygens (including phenoxy) is 1. The van der Waals surface area contributed by atoms with E-state index in [2.05, 4.69) is 15.3 Å². The molecule has 0 radical (unpaired) electrons. The number of aromatic nitrogens is 2. The molecule has 5 aromatic rings. The average Bonchev–Trinajstić information content (AvgIpc) is 3.87. The lowest BCUT2D eigenvalue weighted by atomic mass is 9.90. The van der Waals surface area contributed by atoms with Crippen molar-refractivity contribution in [2.45, 2.75) is 62.7 Å². The first-order chi connectivity index (χ1) is 27.7. The van der Waals surface area contributed by atoms with E-state index in [1.54, 1.807) is 59.8 Å². The van der Waals surface area contributed by atoms with E-state index in [9.17, 15) is 37.4 Å². The molecule has 0 saturated carbocycles. The van der Waals surface area contributed by atoms with Gasteiger partial charge in [-0.2, -0.15) is 13.2 Å². The first kappa shape index (κ1) is 40.8. The number of hydrogen-bond donors (Lipinski definition) is 4. The number of benzene rings is 2. The topological polar surface area (TPSA) is 166 Å². The summed E-state index contributed by atoms with van der Waals surface area (Å²) in [5.41, 5.74) is 1.45. The van der Waals surface area contributed by atoms with Crippen LogP contribution in [0.15, 0.2) is 88.3 Å². The molecule has 0 unspecified atom stereocenters. The number of aliphatic hydroxyl groups is 2. The Morgan fingerprint density at radius 3 is 2.60 bits per heavy atom. The number of carbonyl (C=O) groups excluding carboxylic acids is 2. The SMILES string of the molecule is CC(C)(c1ncc(-c2ccc(F)cc2)o1)N1CCN(C[C@@H](O)C[C@H](Cc2coc3cnccc23)C(=O)N[C@H]2c3ccccc3OC[C@H]2O)[C@H](C(=O)NCC(F)(F)F)C1. The van der Waals surface area contributed by atoms with E-state index < -0.39 is 66.1 Å². The van der Waals surface area contributed by atoms with Crippen molar-refractivity contribution < 1.29 is 50.9 Å². The lowest BCUT2D eigenvalue weighted by Gasteiger charge is -2.46. The Labute approximate surface area is 331 Å². The summed E-state index contributed by atoms with van der Waals surface area (Å²) in [5.74, 6) is -1.43. The number of rotatable bonds is 13. The molecule has 308 valence electrons. The molecule has 5 heterocycles. The van der Waals surface area contributed by atoms with Crippen molar-refractivity contribution in [2.24, 2.45) is 5.92 Å². The van der Waals surface area contributed by atoms with Crippen molar-refractivity contribution in [3.63, 3.8) is 0 Å². The smallest absolute Gasteiger partial charge is 0.405 e. The maximum Gasteiger partial charge on any atom is 0.405 e. The molecule has 2 amide bonds. The lowest BCUT2D eigenvalue weighted by Crippen LogP contribution is -2.63. The van der Waals surface area contributed by atoms with Crippen LogP contribution in [0.4, 0.5) is 17.6 Å². The zero-order chi connectivity index (χ0) is 41.2. The zero-order valence-electron chi connectivity index (χ0n) is 31.8. The van der Waals surface area contributed by atoms with Gasteiger partial charge in [0.1, 0.15) is 36.9 Å². The quantitative estimate of drug-likeness (QED) is 0.121. The number of carbonyl (C=O) groups is 2. The monoisotopic (exact) mass is 808 g/mol. The Bertz CT molecular complexity index is 2210. The average molecular weight is 809 g/mol. The number of nitrogens with zero attached hydrogens (tertiary/aromatic N) is 4. The van der Waals surface area contributed by atoms with Crippen molar-refractivity contribution in [3.8, 4) is 17.1 Å². The highest BCUT2D eigenvalue weighted by molar-refractivity contribution is 5.84. The molecule has 4 N–H and O–H groups in total. The molecule has 3 aromatic heterocycles. The first-order valence-corrected chi connectivity index (χ1v) is 18.9. The number of piperazine rings is 1. The van der Waals surface area contributed by atoms with E-state index in [0.717, 1.165) is 5.39 Å². The number of para-hydroxylation sites is 1. The maximum atomic E-state index is 14.2. The number of furan rings is 1. The fourth-order valence-corrected chi connectivity index (χ4v) is 7.65. The number of aliphatic hydroxyl groups excluding tert-OH is 2. The molecule has 1 saturated heterocycles. The van der Waals surface area contributed by atoms with Crippen LogP contribution in [0.1, 0.15) is 43.3 Å². The van der Waals surface area contributed by atoms with Gasteiger partial charge in [0, 0.05) is 54.8 Å². The van der Waals surface area contributed by atoms with Gasteiger partial charge >= 0.3 is 6.18 Å². The van der Waals surface area contributed by atoms with Gasteiger partial charge in [0.05, 0.1) is 36.3 Å². The molecule has 2 aliphatic rings. The van der Waals surface area contributed by atoms with Gasteiger partial charge in [-0.15, -0.1) is 0 Å². The molecular weight excluding hydrogens is 764 g/mol. The third-order valence-electron chi connectivity index (χ3n) is 10.8. The molecule has 17 heteroatoms. The highest BCUT2D eigenvalue weighted by atomic mass is 19.4. The molecule has 13 nitrogen and oxygen atoms in total. The van der Waals surface area contributed by atoms with E-state index in [1.165, 1.54) is 24.6 Å². The summed E-state index contributed by atoms with van der Waals surface area (Å²) < 4.78 is 70.8. The maximum absolute atomic E-state index is 14.2. The van der Waals surface area contributed by atoms with Crippen LogP contribution in [0.3, 0.4) is 0 Å². The van der Waals surface area contributed by atoms with Crippen LogP contribution in [-0.2, 0) is 21.5 Å². The number of nitrogens with one attached hydrogen (secondary N) is 2. The molecule has 0 aliphatic carbocycles. The van der Waals surface area contributed by atoms with Crippen LogP contribution < -0.4 is 15.4 Å². The molecule has 2 aliphatic heterocycles. The van der Waals surface area contributed by atoms with Gasteiger partial charge in [0.2, 0.25) is 17.7 Å². The van der Waals surface area contributed by atoms with E-state index in [-0.39, 0.29) is 45.0 Å². The third-order valence-corrected chi connectivity index (χ3v) is 10.8. The number of fused-ring (bicyclic) bond motifs is 2. The number of alkyl halides is 3. The molecule has 0 spiro atoms. The largest absolute Gasteiger partial charge is 0.490 e. The van der Waals surface area contributed by atoms with Gasteiger partial charge in [-0.3, -0.25) is 24.4 Å². The predicted octanol–water partition coefficient (Wildman–Crippen LogP) is 4.74. The second-order valence-corrected chi connectivity index (χ2v) is 15.2. The summed E-state index contributed by atoms with van der Waals surface area (Å²) in [7, 11) is 0. The predicted molar refractivity (Wildman–Crippen MR) is 202 cm³/mol. The lowest BCUT2D eigenvalue weighted by molar-refractivity contribution is -0.144. The molecule has 7 rings (SSSR count). The molecule has 2 aromatic carbocycles. The minimum atomic E-state index is -4.66. The van der Waals surface area contributed by atoms with E-state index in [4.69, 9.17) is 13.6 Å². The van der Waals surface area contributed by atoms with Crippen molar-refractivity contribution >= 4 is 22.8 Å². The van der Waals surface area contributed by atoms with Crippen LogP contribution in [0.25, 0.3) is 22.3 Å². The normalized spacial score (nSPS) is 20.2. The van der Waals surface area contributed by atoms with Crippen molar-refractivity contribution in [3.05, 3.63) is 102 Å². The van der Waals surface area contributed by atoms with E-state index >= 15 is 0 Å². The number of oxazole rings is 1. The van der Waals surface area contributed by atoms with Gasteiger partial charge in [0.15, 0.2) is 11.3 Å². The summed E-state index contributed by atoms with van der Waals surface area (Å²) in [6, 6.07) is 12.6. The number of halogens is 4. The van der Waals surface area contributed by atoms with Crippen LogP contribution in [-0.4, -0.2) is 106 Å². The van der Waals surface area contributed by atoms with Gasteiger partial charge < -0.3 is 34.4 Å². The van der Waals surface area contributed by atoms with Crippen LogP contribution >= 0.6 is 0 Å². The Balaban J connectivity index is 1.10. The van der Waals surface area contributed by atoms with Crippen molar-refractivity contribution in [1.82, 2.24) is 30.4 Å². The minimum Gasteiger partial charge on any atom is -0.490 e. The van der Waals surface area contributed by atoms with Crippen molar-refractivity contribution in [1.29, 1.82) is 0 Å². The molecule has 58 heavy (non-hydrogen) atoms. The molecule has 1 fully saturated rings. The van der Waals surface area contributed by atoms with E-state index in [0.29, 0.717) is 40.3 Å². The summed E-state index contributed by atoms with van der Waals surface area (Å²) >= 11 is 0. The standard InChI is InChI=1S/C41H44F4N6O7/c1-40(2,39-47-18-34(58-39)24-7-9-27(42)10-8-24)51-14-13-50(31(20-51)38(55)48-23-41(43,44)45)19-28(52)16-25(15-26-21-56-35-17-46-12-11-29(26)35)37(54)49-36-30-5-3-4-6-33(30)57-22-32(36)53/h3-12,17-18,21,25,28,31-32,36,52-53H,13-16,19-20,22-23H2,1-2H3,(H,48,55)(H,49,54)/t25-,28-,31-,32+,36-/m0/s1. The Kier molecular flexibility index (Phi) is 11.9. The van der Waals surface area contributed by atoms with E-state index in [1.807, 2.05) is 24.1 Å². The van der Waals surface area contributed by atoms with Gasteiger partial charge in [-0.25, -0.2) is 9.37 Å². The number of β-amino-alcohol motifs (C(OH)–C–C–N with tert-alkyl or cyclic N) is 1. The summed E-state index contributed by atoms with van der Waals surface area (Å²) in [6.07, 6.45) is -0.720. The summed E-state index contributed by atoms with van der Waals surface area (Å²) in [4.78, 5) is 39.7. The highest BCUT2D eigenvalue weighted by Gasteiger charge is 2.43. The summed E-state index contributed by atoms with van der Waals surface area (Å²) in [5, 5.41) is 28.2. The minimum absolute atomic E-state index is 0.0411. The Morgan fingerprint density at radius 1 is 1.05 bits per heavy atom. The molecule has 0 bridgehead atoms. The first-order valence-electron chi connectivity index (χ1n) is 18.9. The van der Waals surface area contributed by atoms with Gasteiger partial charge in [-0.05, 0) is 68.7 Å².